The van der Waals surface area contributed by atoms with Crippen LogP contribution in [0, 0.1) is 5.82 Å². The van der Waals surface area contributed by atoms with E-state index in [9.17, 15) is 9.18 Å². The molecule has 0 saturated carbocycles. The summed E-state index contributed by atoms with van der Waals surface area (Å²) in [5.41, 5.74) is 2.98. The second-order valence-corrected chi connectivity index (χ2v) is 6.57. The fraction of sp³-hybridized carbons (Fsp3) is 0.350. The minimum Gasteiger partial charge on any atom is -0.370 e. The highest BCUT2D eigenvalue weighted by atomic mass is 19.1. The summed E-state index contributed by atoms with van der Waals surface area (Å²) >= 11 is 0. The Morgan fingerprint density at radius 1 is 1.12 bits per heavy atom. The lowest BCUT2D eigenvalue weighted by molar-refractivity contribution is -0.141. The van der Waals surface area contributed by atoms with E-state index in [0.717, 1.165) is 0 Å². The summed E-state index contributed by atoms with van der Waals surface area (Å²) in [6.07, 6.45) is 0.284. The van der Waals surface area contributed by atoms with E-state index in [0.29, 0.717) is 38.2 Å². The predicted octanol–water partition coefficient (Wildman–Crippen LogP) is 2.44. The van der Waals surface area contributed by atoms with Crippen molar-refractivity contribution in [3.8, 4) is 0 Å². The minimum absolute atomic E-state index is 0.0687. The second kappa shape index (κ2) is 6.94. The van der Waals surface area contributed by atoms with Gasteiger partial charge in [0.05, 0.1) is 19.2 Å². The molecular formula is C20H21FN2O2. The SMILES string of the molecule is O=C([C@H]1Cc2ccccc2CN1)N1CCO[C@H](c2ccccc2F)C1. The average molecular weight is 340 g/mol. The summed E-state index contributed by atoms with van der Waals surface area (Å²) in [5.74, 6) is -0.217. The molecule has 0 unspecified atom stereocenters. The van der Waals surface area contributed by atoms with Gasteiger partial charge in [0.15, 0.2) is 0 Å². The zero-order chi connectivity index (χ0) is 17.2. The Bertz CT molecular complexity index is 780. The fourth-order valence-corrected chi connectivity index (χ4v) is 3.62. The summed E-state index contributed by atoms with van der Waals surface area (Å²) < 4.78 is 19.7. The van der Waals surface area contributed by atoms with Crippen LogP contribution >= 0.6 is 0 Å². The van der Waals surface area contributed by atoms with Gasteiger partial charge in [-0.2, -0.15) is 0 Å². The Morgan fingerprint density at radius 2 is 1.88 bits per heavy atom. The smallest absolute Gasteiger partial charge is 0.240 e. The van der Waals surface area contributed by atoms with Crippen LogP contribution in [0.15, 0.2) is 48.5 Å². The van der Waals surface area contributed by atoms with Crippen LogP contribution in [-0.2, 0) is 22.5 Å². The summed E-state index contributed by atoms with van der Waals surface area (Å²) in [6.45, 7) is 2.06. The standard InChI is InChI=1S/C20H21FN2O2/c21-17-8-4-3-7-16(17)19-13-23(9-10-25-19)20(24)18-11-14-5-1-2-6-15(14)12-22-18/h1-8,18-19,22H,9-13H2/t18-,19+/m1/s1. The minimum atomic E-state index is -0.408. The summed E-state index contributed by atoms with van der Waals surface area (Å²) in [4.78, 5) is 14.7. The van der Waals surface area contributed by atoms with Crippen molar-refractivity contribution in [1.82, 2.24) is 10.2 Å². The molecule has 4 rings (SSSR count). The van der Waals surface area contributed by atoms with Crippen molar-refractivity contribution in [1.29, 1.82) is 0 Å². The molecule has 2 aliphatic heterocycles. The molecule has 0 spiro atoms. The topological polar surface area (TPSA) is 41.6 Å². The normalized spacial score (nSPS) is 23.2. The molecule has 2 aromatic rings. The molecule has 5 heteroatoms. The van der Waals surface area contributed by atoms with E-state index in [1.807, 2.05) is 12.1 Å². The van der Waals surface area contributed by atoms with Crippen LogP contribution in [0.25, 0.3) is 0 Å². The number of fused-ring (bicyclic) bond motifs is 1. The number of halogens is 1. The zero-order valence-electron chi connectivity index (χ0n) is 14.0. The van der Waals surface area contributed by atoms with Crippen molar-refractivity contribution < 1.29 is 13.9 Å². The number of nitrogens with one attached hydrogen (secondary N) is 1. The number of rotatable bonds is 2. The average Bonchev–Trinajstić information content (AvgIpc) is 2.67. The summed E-state index contributed by atoms with van der Waals surface area (Å²) in [7, 11) is 0. The van der Waals surface area contributed by atoms with Crippen LogP contribution in [0.1, 0.15) is 22.8 Å². The molecule has 2 aliphatic rings. The Morgan fingerprint density at radius 3 is 2.72 bits per heavy atom. The number of hydrogen-bond acceptors (Lipinski definition) is 3. The van der Waals surface area contributed by atoms with Crippen molar-refractivity contribution in [2.24, 2.45) is 0 Å². The van der Waals surface area contributed by atoms with E-state index in [2.05, 4.69) is 17.4 Å². The van der Waals surface area contributed by atoms with E-state index in [1.165, 1.54) is 17.2 Å². The Hall–Kier alpha value is -2.24. The third-order valence-corrected chi connectivity index (χ3v) is 5.01. The second-order valence-electron chi connectivity index (χ2n) is 6.57. The third kappa shape index (κ3) is 3.30. The first kappa shape index (κ1) is 16.2. The lowest BCUT2D eigenvalue weighted by Gasteiger charge is -2.36. The molecule has 1 fully saturated rings. The summed E-state index contributed by atoms with van der Waals surface area (Å²) in [6, 6.07) is 14.6. The van der Waals surface area contributed by atoms with Crippen LogP contribution in [-0.4, -0.2) is 36.5 Å². The van der Waals surface area contributed by atoms with E-state index in [-0.39, 0.29) is 17.8 Å². The van der Waals surface area contributed by atoms with Crippen molar-refractivity contribution in [2.75, 3.05) is 19.7 Å². The van der Waals surface area contributed by atoms with Gasteiger partial charge in [-0.25, -0.2) is 4.39 Å². The summed E-state index contributed by atoms with van der Waals surface area (Å²) in [5, 5.41) is 3.33. The Balaban J connectivity index is 1.47. The van der Waals surface area contributed by atoms with E-state index >= 15 is 0 Å². The maximum absolute atomic E-state index is 14.0. The Kier molecular flexibility index (Phi) is 4.51. The number of nitrogens with zero attached hydrogens (tertiary/aromatic N) is 1. The first-order chi connectivity index (χ1) is 12.2. The Labute approximate surface area is 146 Å². The number of amides is 1. The van der Waals surface area contributed by atoms with Crippen molar-refractivity contribution in [3.05, 3.63) is 71.0 Å². The zero-order valence-corrected chi connectivity index (χ0v) is 14.0. The lowest BCUT2D eigenvalue weighted by atomic mass is 9.95. The molecule has 1 saturated heterocycles. The van der Waals surface area contributed by atoms with E-state index < -0.39 is 6.10 Å². The number of ether oxygens (including phenoxy) is 1. The van der Waals surface area contributed by atoms with Crippen LogP contribution < -0.4 is 5.32 Å². The van der Waals surface area contributed by atoms with Gasteiger partial charge in [-0.3, -0.25) is 4.79 Å². The van der Waals surface area contributed by atoms with Gasteiger partial charge < -0.3 is 15.0 Å². The van der Waals surface area contributed by atoms with Gasteiger partial charge in [0.25, 0.3) is 0 Å². The third-order valence-electron chi connectivity index (χ3n) is 5.01. The number of carbonyl (C=O) groups excluding carboxylic acids is 1. The van der Waals surface area contributed by atoms with Crippen LogP contribution in [0.4, 0.5) is 4.39 Å². The van der Waals surface area contributed by atoms with Crippen LogP contribution in [0.5, 0.6) is 0 Å². The molecular weight excluding hydrogens is 319 g/mol. The van der Waals surface area contributed by atoms with Gasteiger partial charge in [-0.05, 0) is 23.6 Å². The van der Waals surface area contributed by atoms with Gasteiger partial charge in [-0.1, -0.05) is 42.5 Å². The monoisotopic (exact) mass is 340 g/mol. The molecule has 1 N–H and O–H groups in total. The molecule has 0 bridgehead atoms. The first-order valence-electron chi connectivity index (χ1n) is 8.67. The highest BCUT2D eigenvalue weighted by Crippen LogP contribution is 2.26. The number of carbonyl (C=O) groups is 1. The molecule has 0 radical (unpaired) electrons. The number of benzene rings is 2. The quantitative estimate of drug-likeness (QED) is 0.913. The maximum Gasteiger partial charge on any atom is 0.240 e. The lowest BCUT2D eigenvalue weighted by Crippen LogP contribution is -2.53. The fourth-order valence-electron chi connectivity index (χ4n) is 3.62. The van der Waals surface area contributed by atoms with Crippen molar-refractivity contribution in [2.45, 2.75) is 25.1 Å². The van der Waals surface area contributed by atoms with Crippen molar-refractivity contribution >= 4 is 5.91 Å². The molecule has 130 valence electrons. The highest BCUT2D eigenvalue weighted by molar-refractivity contribution is 5.82. The van der Waals surface area contributed by atoms with Crippen LogP contribution in [0.2, 0.25) is 0 Å². The van der Waals surface area contributed by atoms with E-state index in [4.69, 9.17) is 4.74 Å². The molecule has 0 aromatic heterocycles. The molecule has 1 amide bonds. The van der Waals surface area contributed by atoms with Crippen LogP contribution in [0.3, 0.4) is 0 Å². The molecule has 2 atom stereocenters. The molecule has 2 heterocycles. The molecule has 25 heavy (non-hydrogen) atoms. The van der Waals surface area contributed by atoms with Gasteiger partial charge >= 0.3 is 0 Å². The number of morpholine rings is 1. The maximum atomic E-state index is 14.0. The molecule has 0 aliphatic carbocycles. The highest BCUT2D eigenvalue weighted by Gasteiger charge is 2.32. The predicted molar refractivity (Wildman–Crippen MR) is 92.4 cm³/mol. The largest absolute Gasteiger partial charge is 0.370 e. The number of hydrogen-bond donors (Lipinski definition) is 1. The first-order valence-corrected chi connectivity index (χ1v) is 8.67. The van der Waals surface area contributed by atoms with Gasteiger partial charge in [0, 0.05) is 18.7 Å². The van der Waals surface area contributed by atoms with Gasteiger partial charge in [0.2, 0.25) is 5.91 Å². The van der Waals surface area contributed by atoms with Gasteiger partial charge in [0.1, 0.15) is 11.9 Å². The van der Waals surface area contributed by atoms with Crippen molar-refractivity contribution in [3.63, 3.8) is 0 Å². The molecule has 2 aromatic carbocycles. The van der Waals surface area contributed by atoms with E-state index in [1.54, 1.807) is 23.1 Å². The molecule has 4 nitrogen and oxygen atoms in total. The van der Waals surface area contributed by atoms with Gasteiger partial charge in [-0.15, -0.1) is 0 Å².